The summed E-state index contributed by atoms with van der Waals surface area (Å²) >= 11 is 1.16. The van der Waals surface area contributed by atoms with Crippen LogP contribution in [0.15, 0.2) is 47.9 Å². The number of carbonyl (C=O) groups is 1. The summed E-state index contributed by atoms with van der Waals surface area (Å²) < 4.78 is 53.0. The van der Waals surface area contributed by atoms with Crippen molar-refractivity contribution in [1.82, 2.24) is 29.4 Å². The van der Waals surface area contributed by atoms with Gasteiger partial charge >= 0.3 is 6.09 Å². The second kappa shape index (κ2) is 10.9. The molecular formula is C32H31F3N6O2S. The Morgan fingerprint density at radius 1 is 1.18 bits per heavy atom. The number of aryl methyl sites for hydroxylation is 2. The maximum Gasteiger partial charge on any atom is 0.410 e. The van der Waals surface area contributed by atoms with Crippen LogP contribution >= 0.6 is 11.3 Å². The minimum absolute atomic E-state index is 0.0852. The van der Waals surface area contributed by atoms with Crippen LogP contribution in [0.1, 0.15) is 50.7 Å². The summed E-state index contributed by atoms with van der Waals surface area (Å²) in [5.41, 5.74) is 3.78. The molecule has 0 spiro atoms. The Morgan fingerprint density at radius 2 is 1.95 bits per heavy atom. The zero-order valence-corrected chi connectivity index (χ0v) is 26.0. The molecule has 1 unspecified atom stereocenters. The fourth-order valence-electron chi connectivity index (χ4n) is 5.64. The van der Waals surface area contributed by atoms with E-state index in [0.717, 1.165) is 39.6 Å². The number of amides is 1. The van der Waals surface area contributed by atoms with Gasteiger partial charge in [-0.05, 0) is 52.8 Å². The van der Waals surface area contributed by atoms with Crippen molar-refractivity contribution in [3.63, 3.8) is 0 Å². The van der Waals surface area contributed by atoms with E-state index in [9.17, 15) is 13.6 Å². The molecule has 0 bridgehead atoms. The maximum atomic E-state index is 15.6. The summed E-state index contributed by atoms with van der Waals surface area (Å²) in [7, 11) is 1.85. The van der Waals surface area contributed by atoms with Crippen molar-refractivity contribution in [2.24, 2.45) is 7.05 Å². The molecule has 0 fully saturated rings. The van der Waals surface area contributed by atoms with Crippen molar-refractivity contribution < 1.29 is 22.7 Å². The number of ether oxygens (including phenoxy) is 1. The van der Waals surface area contributed by atoms with E-state index in [1.54, 1.807) is 20.3 Å². The lowest BCUT2D eigenvalue weighted by Crippen LogP contribution is -2.43. The number of rotatable bonds is 4. The van der Waals surface area contributed by atoms with Gasteiger partial charge in [-0.2, -0.15) is 10.2 Å². The van der Waals surface area contributed by atoms with Gasteiger partial charge in [0.15, 0.2) is 0 Å². The first-order valence-corrected chi connectivity index (χ1v) is 15.0. The van der Waals surface area contributed by atoms with Crippen LogP contribution in [0.5, 0.6) is 0 Å². The minimum Gasteiger partial charge on any atom is -0.444 e. The molecule has 1 amide bonds. The monoisotopic (exact) mass is 620 g/mol. The third-order valence-corrected chi connectivity index (χ3v) is 8.44. The fraction of sp³-hybridized carbons (Fsp3) is 0.312. The summed E-state index contributed by atoms with van der Waals surface area (Å²) in [6.45, 7) is 9.88. The molecule has 0 saturated heterocycles. The Labute approximate surface area is 256 Å². The number of aromatic nitrogens is 5. The van der Waals surface area contributed by atoms with Crippen molar-refractivity contribution in [2.45, 2.75) is 52.8 Å². The third kappa shape index (κ3) is 5.27. The summed E-state index contributed by atoms with van der Waals surface area (Å²) in [5.74, 6) is -1.46. The number of halogens is 3. The molecule has 1 aliphatic heterocycles. The normalized spacial score (nSPS) is 16.0. The van der Waals surface area contributed by atoms with Gasteiger partial charge in [0.05, 0.1) is 51.9 Å². The number of hydrogen-bond acceptors (Lipinski definition) is 6. The van der Waals surface area contributed by atoms with E-state index in [1.165, 1.54) is 5.38 Å². The van der Waals surface area contributed by atoms with Gasteiger partial charge in [0, 0.05) is 46.9 Å². The van der Waals surface area contributed by atoms with Crippen molar-refractivity contribution in [1.29, 1.82) is 0 Å². The molecule has 0 N–H and O–H groups in total. The highest BCUT2D eigenvalue weighted by Crippen LogP contribution is 2.42. The molecule has 44 heavy (non-hydrogen) atoms. The first-order valence-electron chi connectivity index (χ1n) is 14.1. The van der Waals surface area contributed by atoms with Crippen LogP contribution in [-0.2, 0) is 18.3 Å². The number of thiophene rings is 1. The first-order chi connectivity index (χ1) is 20.8. The standard InChI is InChI=1S/C32H31F3N6O2S/c1-17-14-40(31(42)43-32(3,4)5)15-21-13-25(38-41(17)21)29-23(12-20(34)9-10-33)27-24(35)16-44-30(27)28(36-29)19-7-8-22-18(2)37-39(6)26(22)11-19/h7-13,16-17H,14-15H2,1-6H3/b10-9+,20-12?. The molecule has 1 aromatic carbocycles. The van der Waals surface area contributed by atoms with Crippen LogP contribution in [0, 0.1) is 12.7 Å². The molecule has 6 rings (SSSR count). The predicted octanol–water partition coefficient (Wildman–Crippen LogP) is 8.27. The van der Waals surface area contributed by atoms with Crippen LogP contribution in [0.2, 0.25) is 0 Å². The number of fused-ring (bicyclic) bond motifs is 3. The van der Waals surface area contributed by atoms with E-state index in [0.29, 0.717) is 34.4 Å². The van der Waals surface area contributed by atoms with Crippen molar-refractivity contribution in [3.05, 3.63) is 70.6 Å². The quantitative estimate of drug-likeness (QED) is 0.189. The van der Waals surface area contributed by atoms with E-state index in [4.69, 9.17) is 14.8 Å². The molecule has 1 aliphatic rings. The summed E-state index contributed by atoms with van der Waals surface area (Å²) in [6.07, 6.45) is 1.38. The Morgan fingerprint density at radius 3 is 2.68 bits per heavy atom. The van der Waals surface area contributed by atoms with E-state index in [1.807, 2.05) is 59.9 Å². The van der Waals surface area contributed by atoms with Crippen LogP contribution in [0.3, 0.4) is 0 Å². The molecule has 12 heteroatoms. The second-order valence-electron chi connectivity index (χ2n) is 11.9. The minimum atomic E-state index is -0.907. The van der Waals surface area contributed by atoms with Gasteiger partial charge in [-0.3, -0.25) is 9.36 Å². The molecular weight excluding hydrogens is 589 g/mol. The third-order valence-electron chi connectivity index (χ3n) is 7.49. The van der Waals surface area contributed by atoms with Gasteiger partial charge in [0.2, 0.25) is 0 Å². The number of allylic oxidation sites excluding steroid dienone is 2. The van der Waals surface area contributed by atoms with Crippen molar-refractivity contribution in [2.75, 3.05) is 6.54 Å². The lowest BCUT2D eigenvalue weighted by atomic mass is 10.0. The van der Waals surface area contributed by atoms with Gasteiger partial charge < -0.3 is 9.64 Å². The Balaban J connectivity index is 1.55. The topological polar surface area (TPSA) is 78.1 Å². The van der Waals surface area contributed by atoms with E-state index in [-0.39, 0.29) is 35.6 Å². The summed E-state index contributed by atoms with van der Waals surface area (Å²) in [5, 5.41) is 11.8. The van der Waals surface area contributed by atoms with Crippen LogP contribution in [-0.4, -0.2) is 47.7 Å². The molecule has 5 aromatic rings. The average Bonchev–Trinajstić information content (AvgIpc) is 3.63. The largest absolute Gasteiger partial charge is 0.444 e. The lowest BCUT2D eigenvalue weighted by Gasteiger charge is -2.33. The highest BCUT2D eigenvalue weighted by atomic mass is 32.1. The molecule has 0 aliphatic carbocycles. The van der Waals surface area contributed by atoms with E-state index >= 15 is 4.39 Å². The number of nitrogens with zero attached hydrogens (tertiary/aromatic N) is 6. The Kier molecular flexibility index (Phi) is 7.35. The highest BCUT2D eigenvalue weighted by molar-refractivity contribution is 7.17. The zero-order chi connectivity index (χ0) is 31.5. The van der Waals surface area contributed by atoms with Gasteiger partial charge in [-0.25, -0.2) is 22.9 Å². The van der Waals surface area contributed by atoms with Crippen LogP contribution < -0.4 is 0 Å². The lowest BCUT2D eigenvalue weighted by molar-refractivity contribution is 0.0167. The average molecular weight is 621 g/mol. The smallest absolute Gasteiger partial charge is 0.410 e. The van der Waals surface area contributed by atoms with Crippen LogP contribution in [0.25, 0.3) is 49.7 Å². The van der Waals surface area contributed by atoms with Gasteiger partial charge in [-0.15, -0.1) is 11.3 Å². The van der Waals surface area contributed by atoms with Crippen LogP contribution in [0.4, 0.5) is 18.0 Å². The number of benzene rings is 1. The summed E-state index contributed by atoms with van der Waals surface area (Å²) in [6, 6.07) is 7.36. The van der Waals surface area contributed by atoms with Crippen molar-refractivity contribution >= 4 is 44.5 Å². The fourth-order valence-corrected chi connectivity index (χ4v) is 6.58. The predicted molar refractivity (Wildman–Crippen MR) is 166 cm³/mol. The van der Waals surface area contributed by atoms with Gasteiger partial charge in [0.25, 0.3) is 0 Å². The summed E-state index contributed by atoms with van der Waals surface area (Å²) in [4.78, 5) is 19.5. The SMILES string of the molecule is Cc1nn(C)c2cc(-c3nc(-c4cc5n(n4)C(C)CN(C(=O)OC(C)(C)C)C5)c(C=C(F)/C=C/F)c4c(F)csc34)ccc12. The van der Waals surface area contributed by atoms with E-state index in [2.05, 4.69) is 5.10 Å². The first kappa shape index (κ1) is 29.6. The molecule has 1 atom stereocenters. The number of pyridine rings is 1. The highest BCUT2D eigenvalue weighted by Gasteiger charge is 2.31. The zero-order valence-electron chi connectivity index (χ0n) is 25.2. The Hall–Kier alpha value is -4.45. The number of carbonyl (C=O) groups excluding carboxylic acids is 1. The molecule has 4 aromatic heterocycles. The van der Waals surface area contributed by atoms with Gasteiger partial charge in [0.1, 0.15) is 22.9 Å². The molecule has 0 saturated carbocycles. The Bertz CT molecular complexity index is 2000. The maximum absolute atomic E-state index is 15.6. The van der Waals surface area contributed by atoms with Crippen molar-refractivity contribution in [3.8, 4) is 22.6 Å². The van der Waals surface area contributed by atoms with Gasteiger partial charge in [-0.1, -0.05) is 12.1 Å². The molecule has 228 valence electrons. The molecule has 8 nitrogen and oxygen atoms in total. The second-order valence-corrected chi connectivity index (χ2v) is 12.8. The molecule has 0 radical (unpaired) electrons. The van der Waals surface area contributed by atoms with E-state index < -0.39 is 23.3 Å². The molecule has 5 heterocycles. The number of hydrogen-bond donors (Lipinski definition) is 0.